The van der Waals surface area contributed by atoms with Gasteiger partial charge in [-0.25, -0.2) is 4.90 Å². The molecule has 0 N–H and O–H groups in total. The van der Waals surface area contributed by atoms with Crippen molar-refractivity contribution in [2.24, 2.45) is 0 Å². The molecule has 1 unspecified atom stereocenters. The second-order valence-corrected chi connectivity index (χ2v) is 7.69. The minimum Gasteiger partial charge on any atom is -0.454 e. The molecule has 2 fully saturated rings. The Kier molecular flexibility index (Phi) is 4.39. The summed E-state index contributed by atoms with van der Waals surface area (Å²) in [6.07, 6.45) is 0.247. The second-order valence-electron chi connectivity index (χ2n) is 7.69. The van der Waals surface area contributed by atoms with Gasteiger partial charge in [0.05, 0.1) is 18.2 Å². The van der Waals surface area contributed by atoms with Crippen LogP contribution in [0.15, 0.2) is 42.5 Å². The summed E-state index contributed by atoms with van der Waals surface area (Å²) in [4.78, 5) is 31.4. The molecule has 0 radical (unpaired) electrons. The number of amides is 2. The number of hydrogen-bond acceptors (Lipinski definition) is 6. The van der Waals surface area contributed by atoms with Crippen molar-refractivity contribution in [1.82, 2.24) is 4.90 Å². The number of ether oxygens (including phenoxy) is 2. The summed E-state index contributed by atoms with van der Waals surface area (Å²) >= 11 is 0. The molecule has 5 rings (SSSR count). The molecule has 0 bridgehead atoms. The minimum absolute atomic E-state index is 0.114. The van der Waals surface area contributed by atoms with Gasteiger partial charge in [0.25, 0.3) is 5.91 Å². The molecular weight excluding hydrogens is 370 g/mol. The summed E-state index contributed by atoms with van der Waals surface area (Å²) in [5, 5.41) is 0. The van der Waals surface area contributed by atoms with Crippen LogP contribution < -0.4 is 19.3 Å². The van der Waals surface area contributed by atoms with Gasteiger partial charge in [-0.2, -0.15) is 0 Å². The molecule has 0 spiro atoms. The lowest BCUT2D eigenvalue weighted by Crippen LogP contribution is -2.52. The fraction of sp³-hybridized carbons (Fsp3) is 0.364. The van der Waals surface area contributed by atoms with Crippen molar-refractivity contribution in [1.29, 1.82) is 0 Å². The average molecular weight is 393 g/mol. The Morgan fingerprint density at radius 3 is 2.48 bits per heavy atom. The van der Waals surface area contributed by atoms with Crippen LogP contribution in [0.25, 0.3) is 0 Å². The number of piperazine rings is 1. The molecule has 2 saturated heterocycles. The number of rotatable bonds is 3. The zero-order valence-corrected chi connectivity index (χ0v) is 16.3. The summed E-state index contributed by atoms with van der Waals surface area (Å²) in [7, 11) is 0. The monoisotopic (exact) mass is 393 g/mol. The summed E-state index contributed by atoms with van der Waals surface area (Å²) in [6.45, 7) is 5.28. The van der Waals surface area contributed by atoms with Crippen LogP contribution in [-0.4, -0.2) is 55.7 Å². The molecule has 0 saturated carbocycles. The van der Waals surface area contributed by atoms with E-state index < -0.39 is 0 Å². The van der Waals surface area contributed by atoms with E-state index in [2.05, 4.69) is 9.80 Å². The van der Waals surface area contributed by atoms with Gasteiger partial charge >= 0.3 is 0 Å². The largest absolute Gasteiger partial charge is 0.454 e. The molecule has 7 heteroatoms. The van der Waals surface area contributed by atoms with E-state index in [4.69, 9.17) is 9.47 Å². The molecule has 0 aliphatic carbocycles. The fourth-order valence-electron chi connectivity index (χ4n) is 4.31. The minimum atomic E-state index is -0.373. The van der Waals surface area contributed by atoms with Gasteiger partial charge in [-0.3, -0.25) is 14.5 Å². The maximum Gasteiger partial charge on any atom is 0.251 e. The van der Waals surface area contributed by atoms with E-state index in [-0.39, 0.29) is 31.1 Å². The van der Waals surface area contributed by atoms with Crippen LogP contribution in [0.2, 0.25) is 0 Å². The van der Waals surface area contributed by atoms with Gasteiger partial charge in [-0.05, 0) is 36.8 Å². The van der Waals surface area contributed by atoms with Gasteiger partial charge < -0.3 is 14.4 Å². The lowest BCUT2D eigenvalue weighted by atomic mass is 10.1. The number of fused-ring (bicyclic) bond motifs is 1. The Labute approximate surface area is 169 Å². The Morgan fingerprint density at radius 2 is 1.69 bits per heavy atom. The van der Waals surface area contributed by atoms with E-state index in [1.165, 1.54) is 4.90 Å². The maximum absolute atomic E-state index is 13.0. The molecule has 3 aliphatic rings. The van der Waals surface area contributed by atoms with Crippen molar-refractivity contribution in [3.8, 4) is 11.5 Å². The van der Waals surface area contributed by atoms with Gasteiger partial charge in [-0.1, -0.05) is 12.1 Å². The number of carbonyl (C=O) groups is 2. The highest BCUT2D eigenvalue weighted by molar-refractivity contribution is 6.22. The third-order valence-electron chi connectivity index (χ3n) is 5.86. The Hall–Kier alpha value is -3.06. The molecule has 150 valence electrons. The summed E-state index contributed by atoms with van der Waals surface area (Å²) in [6, 6.07) is 13.1. The second kappa shape index (κ2) is 7.08. The smallest absolute Gasteiger partial charge is 0.251 e. The first-order valence-electron chi connectivity index (χ1n) is 9.92. The van der Waals surface area contributed by atoms with Crippen LogP contribution in [0.4, 0.5) is 11.4 Å². The Morgan fingerprint density at radius 1 is 0.897 bits per heavy atom. The lowest BCUT2D eigenvalue weighted by Gasteiger charge is -2.38. The van der Waals surface area contributed by atoms with Crippen LogP contribution in [-0.2, 0) is 9.59 Å². The Bertz CT molecular complexity index is 968. The van der Waals surface area contributed by atoms with Crippen LogP contribution in [0.1, 0.15) is 12.0 Å². The highest BCUT2D eigenvalue weighted by Gasteiger charge is 2.43. The van der Waals surface area contributed by atoms with Gasteiger partial charge in [0.1, 0.15) is 0 Å². The molecule has 2 aromatic carbocycles. The first kappa shape index (κ1) is 18.0. The van der Waals surface area contributed by atoms with Crippen molar-refractivity contribution in [2.45, 2.75) is 19.4 Å². The van der Waals surface area contributed by atoms with Crippen LogP contribution in [0.3, 0.4) is 0 Å². The van der Waals surface area contributed by atoms with Crippen LogP contribution in [0, 0.1) is 6.92 Å². The van der Waals surface area contributed by atoms with Crippen molar-refractivity contribution < 1.29 is 19.1 Å². The number of benzene rings is 2. The number of carbonyl (C=O) groups excluding carboxylic acids is 2. The molecule has 2 aromatic rings. The zero-order chi connectivity index (χ0) is 20.0. The molecule has 2 amide bonds. The van der Waals surface area contributed by atoms with Crippen molar-refractivity contribution in [3.05, 3.63) is 48.0 Å². The number of imide groups is 1. The molecule has 7 nitrogen and oxygen atoms in total. The van der Waals surface area contributed by atoms with Crippen LogP contribution >= 0.6 is 0 Å². The SMILES string of the molecule is Cc1cccc(N2C(=O)CC(N3CCN(c4ccc5c(c4)OCO5)CC3)C2=O)c1. The van der Waals surface area contributed by atoms with E-state index in [1.54, 1.807) is 0 Å². The third kappa shape index (κ3) is 3.21. The molecule has 3 heterocycles. The summed E-state index contributed by atoms with van der Waals surface area (Å²) in [5.74, 6) is 1.31. The van der Waals surface area contributed by atoms with Crippen molar-refractivity contribution >= 4 is 23.2 Å². The van der Waals surface area contributed by atoms with Crippen molar-refractivity contribution in [3.63, 3.8) is 0 Å². The van der Waals surface area contributed by atoms with E-state index in [1.807, 2.05) is 49.4 Å². The van der Waals surface area contributed by atoms with E-state index in [0.29, 0.717) is 5.69 Å². The zero-order valence-electron chi connectivity index (χ0n) is 16.3. The number of nitrogens with zero attached hydrogens (tertiary/aromatic N) is 3. The Balaban J connectivity index is 1.26. The normalized spacial score (nSPS) is 21.9. The predicted molar refractivity (Wildman–Crippen MR) is 108 cm³/mol. The third-order valence-corrected chi connectivity index (χ3v) is 5.86. The predicted octanol–water partition coefficient (Wildman–Crippen LogP) is 2.18. The van der Waals surface area contributed by atoms with Crippen molar-refractivity contribution in [2.75, 3.05) is 42.8 Å². The average Bonchev–Trinajstić information content (AvgIpc) is 3.31. The standard InChI is InChI=1S/C22H23N3O4/c1-15-3-2-4-17(11-15)25-21(26)13-18(22(25)27)24-9-7-23(8-10-24)16-5-6-19-20(12-16)29-14-28-19/h2-6,11-12,18H,7-10,13-14H2,1H3. The molecule has 29 heavy (non-hydrogen) atoms. The summed E-state index contributed by atoms with van der Waals surface area (Å²) < 4.78 is 10.9. The molecule has 1 atom stereocenters. The van der Waals surface area contributed by atoms with E-state index in [9.17, 15) is 9.59 Å². The molecular formula is C22H23N3O4. The number of anilines is 2. The molecule has 3 aliphatic heterocycles. The van der Waals surface area contributed by atoms with Gasteiger partial charge in [0, 0.05) is 37.9 Å². The number of hydrogen-bond donors (Lipinski definition) is 0. The topological polar surface area (TPSA) is 62.3 Å². The van der Waals surface area contributed by atoms with Gasteiger partial charge in [0.2, 0.25) is 12.7 Å². The highest BCUT2D eigenvalue weighted by atomic mass is 16.7. The highest BCUT2D eigenvalue weighted by Crippen LogP contribution is 2.36. The fourth-order valence-corrected chi connectivity index (χ4v) is 4.31. The van der Waals surface area contributed by atoms with E-state index in [0.717, 1.165) is 48.9 Å². The first-order chi connectivity index (χ1) is 14.1. The first-order valence-corrected chi connectivity index (χ1v) is 9.92. The lowest BCUT2D eigenvalue weighted by molar-refractivity contribution is -0.123. The quantitative estimate of drug-likeness (QED) is 0.745. The maximum atomic E-state index is 13.0. The summed E-state index contributed by atoms with van der Waals surface area (Å²) in [5.41, 5.74) is 2.79. The number of aryl methyl sites for hydroxylation is 1. The van der Waals surface area contributed by atoms with Gasteiger partial charge in [-0.15, -0.1) is 0 Å². The van der Waals surface area contributed by atoms with E-state index >= 15 is 0 Å². The van der Waals surface area contributed by atoms with Gasteiger partial charge in [0.15, 0.2) is 11.5 Å². The molecule has 0 aromatic heterocycles. The van der Waals surface area contributed by atoms with Crippen LogP contribution in [0.5, 0.6) is 11.5 Å².